The van der Waals surface area contributed by atoms with Gasteiger partial charge in [0.15, 0.2) is 18.1 Å². The molecule has 1 unspecified atom stereocenters. The molecule has 12 heteroatoms. The number of ether oxygens (including phenoxy) is 1. The lowest BCUT2D eigenvalue weighted by atomic mass is 10.2. The molecule has 0 bridgehead atoms. The van der Waals surface area contributed by atoms with Crippen molar-refractivity contribution in [2.75, 3.05) is 26.7 Å². The number of amides is 1. The average molecular weight is 387 g/mol. The van der Waals surface area contributed by atoms with Gasteiger partial charge in [-0.25, -0.2) is 20.4 Å². The lowest BCUT2D eigenvalue weighted by molar-refractivity contribution is 0.00698. The summed E-state index contributed by atoms with van der Waals surface area (Å²) in [6.45, 7) is 5.65. The topological polar surface area (TPSA) is 138 Å². The normalized spacial score (nSPS) is 13.9. The Morgan fingerprint density at radius 2 is 2.15 bits per heavy atom. The number of nitrogens with one attached hydrogen (secondary N) is 1. The Hall–Kier alpha value is -1.91. The molecule has 144 valence electrons. The minimum atomic E-state index is -3.56. The first-order chi connectivity index (χ1) is 12.3. The molecule has 0 aliphatic rings. The monoisotopic (exact) mass is 387 g/mol. The van der Waals surface area contributed by atoms with Gasteiger partial charge in [0.25, 0.3) is 5.91 Å². The largest absolute Gasteiger partial charge is 0.353 e. The Bertz CT molecular complexity index is 789. The van der Waals surface area contributed by atoms with Crippen molar-refractivity contribution >= 4 is 24.7 Å². The highest BCUT2D eigenvalue weighted by Gasteiger charge is 2.17. The minimum Gasteiger partial charge on any atom is -0.353 e. The van der Waals surface area contributed by atoms with Crippen molar-refractivity contribution in [3.8, 4) is 0 Å². The maximum Gasteiger partial charge on any atom is 0.327 e. The number of aromatic nitrogens is 4. The van der Waals surface area contributed by atoms with Gasteiger partial charge in [0.2, 0.25) is 0 Å². The first-order valence-corrected chi connectivity index (χ1v) is 9.91. The minimum absolute atomic E-state index is 0.106. The molecule has 0 saturated carbocycles. The van der Waals surface area contributed by atoms with E-state index in [2.05, 4.69) is 25.0 Å². The van der Waals surface area contributed by atoms with Crippen LogP contribution in [0.4, 0.5) is 0 Å². The molecule has 0 aromatic carbocycles. The number of hydrogen-bond acceptors (Lipinski definition) is 8. The molecule has 0 aliphatic carbocycles. The molecular weight excluding hydrogens is 365 g/mol. The van der Waals surface area contributed by atoms with Gasteiger partial charge >= 0.3 is 7.60 Å². The van der Waals surface area contributed by atoms with Gasteiger partial charge in [-0.3, -0.25) is 18.7 Å². The zero-order valence-corrected chi connectivity index (χ0v) is 15.7. The third-order valence-corrected chi connectivity index (χ3v) is 3.63. The Balaban J connectivity index is 1.97. The van der Waals surface area contributed by atoms with Crippen molar-refractivity contribution in [3.05, 3.63) is 18.3 Å². The van der Waals surface area contributed by atoms with Gasteiger partial charge in [-0.2, -0.15) is 0 Å². The fraction of sp³-hybridized carbons (Fsp3) is 0.571. The van der Waals surface area contributed by atoms with E-state index < -0.39 is 13.5 Å². The van der Waals surface area contributed by atoms with E-state index in [1.54, 1.807) is 4.57 Å². The lowest BCUT2D eigenvalue weighted by Gasteiger charge is -2.09. The second kappa shape index (κ2) is 9.15. The van der Waals surface area contributed by atoms with E-state index in [1.165, 1.54) is 12.7 Å². The fourth-order valence-corrected chi connectivity index (χ4v) is 2.16. The van der Waals surface area contributed by atoms with Crippen molar-refractivity contribution in [2.45, 2.75) is 20.4 Å². The molecule has 11 nitrogen and oxygen atoms in total. The maximum atomic E-state index is 12.2. The molecule has 2 rings (SSSR count). The van der Waals surface area contributed by atoms with E-state index in [9.17, 15) is 9.36 Å². The summed E-state index contributed by atoms with van der Waals surface area (Å²) in [5.41, 5.74) is 3.24. The molecule has 2 N–H and O–H groups in total. The van der Waals surface area contributed by atoms with Gasteiger partial charge in [-0.05, 0) is 5.92 Å². The quantitative estimate of drug-likeness (QED) is 0.264. The number of nitrogens with zero attached hydrogens (tertiary/aromatic N) is 4. The number of rotatable bonds is 10. The van der Waals surface area contributed by atoms with Crippen LogP contribution in [0.5, 0.6) is 0 Å². The first-order valence-electron chi connectivity index (χ1n) is 7.88. The van der Waals surface area contributed by atoms with Crippen LogP contribution < -0.4 is 5.48 Å². The van der Waals surface area contributed by atoms with Gasteiger partial charge in [0.1, 0.15) is 11.8 Å². The molecule has 0 fully saturated rings. The molecule has 1 amide bonds. The van der Waals surface area contributed by atoms with E-state index in [-0.39, 0.29) is 25.0 Å². The maximum absolute atomic E-state index is 12.2. The van der Waals surface area contributed by atoms with Crippen LogP contribution in [0.1, 0.15) is 24.3 Å². The zero-order chi connectivity index (χ0) is 19.2. The summed E-state index contributed by atoms with van der Waals surface area (Å²) in [5.74, 6) is -0.231. The Labute approximate surface area is 150 Å². The number of hydroxylamine groups is 1. The Morgan fingerprint density at radius 3 is 2.85 bits per heavy atom. The molecule has 0 saturated heterocycles. The summed E-state index contributed by atoms with van der Waals surface area (Å²) in [5, 5.41) is 0. The van der Waals surface area contributed by atoms with Crippen LogP contribution in [-0.4, -0.2) is 57.0 Å². The summed E-state index contributed by atoms with van der Waals surface area (Å²) >= 11 is 0. The molecule has 2 aromatic rings. The molecule has 0 radical (unpaired) electrons. The van der Waals surface area contributed by atoms with E-state index in [4.69, 9.17) is 14.5 Å². The van der Waals surface area contributed by atoms with E-state index in [1.807, 2.05) is 13.8 Å². The highest BCUT2D eigenvalue weighted by Crippen LogP contribution is 2.36. The van der Waals surface area contributed by atoms with Crippen LogP contribution in [0.15, 0.2) is 12.7 Å². The third-order valence-electron chi connectivity index (χ3n) is 3.05. The number of carbonyl (C=O) groups excluding carboxylic acids is 1. The van der Waals surface area contributed by atoms with Crippen molar-refractivity contribution in [1.29, 1.82) is 0 Å². The predicted molar refractivity (Wildman–Crippen MR) is 91.2 cm³/mol. The van der Waals surface area contributed by atoms with Crippen LogP contribution in [0.2, 0.25) is 0 Å². The number of fused-ring (bicyclic) bond motifs is 1. The van der Waals surface area contributed by atoms with E-state index >= 15 is 0 Å². The standard InChI is InChI=1S/C14H22N5O6P/c1-10(2)6-24-18-14(20)12-11-13(16-7-15-12)19(8-17-11)4-5-23-9-25-26(3,21)22/h7-8,10H,4-6,9H2,1-3H3,(H,18,20)(H,21,22). The van der Waals surface area contributed by atoms with Crippen molar-refractivity contribution in [1.82, 2.24) is 25.0 Å². The predicted octanol–water partition coefficient (Wildman–Crippen LogP) is 0.950. The fourth-order valence-electron chi connectivity index (χ4n) is 1.89. The van der Waals surface area contributed by atoms with Crippen LogP contribution in [0.25, 0.3) is 11.2 Å². The van der Waals surface area contributed by atoms with Crippen molar-refractivity contribution in [3.63, 3.8) is 0 Å². The second-order valence-corrected chi connectivity index (χ2v) is 7.79. The molecule has 26 heavy (non-hydrogen) atoms. The van der Waals surface area contributed by atoms with Gasteiger partial charge in [-0.1, -0.05) is 13.8 Å². The SMILES string of the molecule is CC(C)CONC(=O)c1ncnc2c1ncn2CCOCOP(C)(=O)O. The smallest absolute Gasteiger partial charge is 0.327 e. The highest BCUT2D eigenvalue weighted by molar-refractivity contribution is 7.51. The molecular formula is C14H22N5O6P. The number of carbonyl (C=O) groups is 1. The Morgan fingerprint density at radius 1 is 1.38 bits per heavy atom. The number of hydrogen-bond donors (Lipinski definition) is 2. The second-order valence-electron chi connectivity index (χ2n) is 5.93. The van der Waals surface area contributed by atoms with Crippen molar-refractivity contribution in [2.24, 2.45) is 5.92 Å². The van der Waals surface area contributed by atoms with Crippen LogP contribution >= 0.6 is 7.60 Å². The van der Waals surface area contributed by atoms with Gasteiger partial charge in [0.05, 0.1) is 19.5 Å². The van der Waals surface area contributed by atoms with E-state index in [0.717, 1.165) is 6.66 Å². The van der Waals surface area contributed by atoms with Crippen molar-refractivity contribution < 1.29 is 28.4 Å². The first kappa shape index (κ1) is 20.4. The average Bonchev–Trinajstić information content (AvgIpc) is 2.96. The summed E-state index contributed by atoms with van der Waals surface area (Å²) in [6, 6.07) is 0. The summed E-state index contributed by atoms with van der Waals surface area (Å²) < 4.78 is 22.4. The van der Waals surface area contributed by atoms with Gasteiger partial charge < -0.3 is 14.2 Å². The molecule has 2 aromatic heterocycles. The molecule has 0 spiro atoms. The number of imidazole rings is 1. The van der Waals surface area contributed by atoms with Crippen LogP contribution in [0.3, 0.4) is 0 Å². The van der Waals surface area contributed by atoms with Gasteiger partial charge in [0, 0.05) is 13.2 Å². The molecule has 0 aliphatic heterocycles. The van der Waals surface area contributed by atoms with Crippen LogP contribution in [-0.2, 0) is 25.2 Å². The lowest BCUT2D eigenvalue weighted by Crippen LogP contribution is -2.26. The van der Waals surface area contributed by atoms with Crippen LogP contribution in [0, 0.1) is 5.92 Å². The summed E-state index contributed by atoms with van der Waals surface area (Å²) in [4.78, 5) is 38.5. The zero-order valence-electron chi connectivity index (χ0n) is 14.8. The third kappa shape index (κ3) is 6.11. The highest BCUT2D eigenvalue weighted by atomic mass is 31.2. The Kier molecular flexibility index (Phi) is 7.18. The van der Waals surface area contributed by atoms with E-state index in [0.29, 0.717) is 24.3 Å². The molecule has 1 atom stereocenters. The summed E-state index contributed by atoms with van der Waals surface area (Å²) in [7, 11) is -3.56. The molecule has 2 heterocycles. The van der Waals surface area contributed by atoms with Gasteiger partial charge in [-0.15, -0.1) is 0 Å². The summed E-state index contributed by atoms with van der Waals surface area (Å²) in [6.07, 6.45) is 2.77.